The lowest BCUT2D eigenvalue weighted by molar-refractivity contribution is 0.0408. The van der Waals surface area contributed by atoms with Crippen molar-refractivity contribution in [3.8, 4) is 23.0 Å². The number of nitrogens with one attached hydrogen (secondary N) is 1. The summed E-state index contributed by atoms with van der Waals surface area (Å²) in [5.41, 5.74) is 1.79. The molecular formula is C61H89IN8O14. The van der Waals surface area contributed by atoms with Gasteiger partial charge in [-0.2, -0.15) is 0 Å². The van der Waals surface area contributed by atoms with Crippen LogP contribution >= 0.6 is 22.6 Å². The number of amides is 4. The van der Waals surface area contributed by atoms with Crippen LogP contribution in [-0.4, -0.2) is 141 Å². The smallest absolute Gasteiger partial charge is 0.274 e. The van der Waals surface area contributed by atoms with E-state index in [1.54, 1.807) is 52.5 Å². The number of aliphatic hydroxyl groups is 2. The van der Waals surface area contributed by atoms with Crippen molar-refractivity contribution in [2.24, 2.45) is 0 Å². The molecule has 0 aromatic carbocycles. The van der Waals surface area contributed by atoms with Crippen molar-refractivity contribution < 1.29 is 48.3 Å². The highest BCUT2D eigenvalue weighted by Crippen LogP contribution is 2.51. The fourth-order valence-corrected chi connectivity index (χ4v) is 15.3. The minimum Gasteiger partial charge on any atom is -0.491 e. The van der Waals surface area contributed by atoms with Gasteiger partial charge in [-0.1, -0.05) is 43.6 Å². The van der Waals surface area contributed by atoms with Gasteiger partial charge in [-0.25, -0.2) is 0 Å². The number of aliphatic hydroxyl groups excluding tert-OH is 2. The lowest BCUT2D eigenvalue weighted by Gasteiger charge is -2.45. The Hall–Kier alpha value is -6.47. The highest BCUT2D eigenvalue weighted by Gasteiger charge is 2.56. The molecule has 0 fully saturated rings. The SMILES string of the molecule is C.C.C.C.COc1c2n3c(c(I)c1=O)C(O)CC3(C)C(C)N(C)C2=O.COc1c2n3c(cc1=O)C(C)CC3(C)C(C)N(C)C2=O.COc1c2n3c(cc1=O)C(C)CC3(C)C(C)NC2=O.COc1c2n3c(cc1=O)C(O)CC3(C)C(C)N(C)C2=O. The van der Waals surface area contributed by atoms with E-state index >= 15 is 0 Å². The summed E-state index contributed by atoms with van der Waals surface area (Å²) in [6.45, 7) is 20.5. The molecule has 464 valence electrons. The first-order chi connectivity index (χ1) is 37.3. The molecular weight excluding hydrogens is 1200 g/mol. The summed E-state index contributed by atoms with van der Waals surface area (Å²) < 4.78 is 28.9. The van der Waals surface area contributed by atoms with E-state index < -0.39 is 23.3 Å². The van der Waals surface area contributed by atoms with E-state index in [0.29, 0.717) is 39.2 Å². The third kappa shape index (κ3) is 9.20. The maximum absolute atomic E-state index is 12.6. The zero-order chi connectivity index (χ0) is 59.3. The number of rotatable bonds is 4. The molecule has 0 bridgehead atoms. The van der Waals surface area contributed by atoms with Gasteiger partial charge in [0.25, 0.3) is 23.6 Å². The zero-order valence-corrected chi connectivity index (χ0v) is 50.6. The van der Waals surface area contributed by atoms with E-state index in [1.807, 2.05) is 70.9 Å². The van der Waals surface area contributed by atoms with Gasteiger partial charge < -0.3 is 67.4 Å². The molecule has 8 aliphatic rings. The van der Waals surface area contributed by atoms with Gasteiger partial charge in [0.05, 0.1) is 95.9 Å². The van der Waals surface area contributed by atoms with Gasteiger partial charge in [-0.15, -0.1) is 0 Å². The Morgan fingerprint density at radius 3 is 1.21 bits per heavy atom. The van der Waals surface area contributed by atoms with Gasteiger partial charge in [0.1, 0.15) is 0 Å². The highest BCUT2D eigenvalue weighted by atomic mass is 127. The van der Waals surface area contributed by atoms with Crippen LogP contribution in [0, 0.1) is 3.57 Å². The second-order valence-electron chi connectivity index (χ2n) is 23.7. The van der Waals surface area contributed by atoms with E-state index in [4.69, 9.17) is 18.9 Å². The second-order valence-corrected chi connectivity index (χ2v) is 24.8. The number of nitrogens with zero attached hydrogens (tertiary/aromatic N) is 7. The topological polar surface area (TPSA) is 255 Å². The maximum atomic E-state index is 12.6. The Kier molecular flexibility index (Phi) is 18.8. The van der Waals surface area contributed by atoms with Crippen molar-refractivity contribution >= 4 is 46.2 Å². The molecule has 0 saturated heterocycles. The van der Waals surface area contributed by atoms with E-state index in [1.165, 1.54) is 34.5 Å². The third-order valence-corrected chi connectivity index (χ3v) is 20.6. The molecule has 4 aromatic heterocycles. The van der Waals surface area contributed by atoms with E-state index in [2.05, 4.69) is 39.9 Å². The molecule has 12 unspecified atom stereocenters. The minimum absolute atomic E-state index is 0. The molecule has 22 nitrogen and oxygen atoms in total. The molecule has 4 aromatic rings. The third-order valence-electron chi connectivity index (χ3n) is 19.6. The van der Waals surface area contributed by atoms with Crippen molar-refractivity contribution in [3.05, 3.63) is 108 Å². The summed E-state index contributed by atoms with van der Waals surface area (Å²) >= 11 is 1.93. The van der Waals surface area contributed by atoms with E-state index in [9.17, 15) is 48.6 Å². The molecule has 0 spiro atoms. The average Bonchev–Trinajstić information content (AvgIpc) is 1.54. The zero-order valence-electron chi connectivity index (χ0n) is 48.5. The highest BCUT2D eigenvalue weighted by molar-refractivity contribution is 14.1. The van der Waals surface area contributed by atoms with Crippen LogP contribution in [0.3, 0.4) is 0 Å². The number of carbonyl (C=O) groups excluding carboxylic acids is 4. The number of ether oxygens (including phenoxy) is 4. The lowest BCUT2D eigenvalue weighted by Crippen LogP contribution is -2.56. The summed E-state index contributed by atoms with van der Waals surface area (Å²) in [6, 6.07) is 4.57. The van der Waals surface area contributed by atoms with Crippen LogP contribution in [0.5, 0.6) is 23.0 Å². The van der Waals surface area contributed by atoms with Crippen molar-refractivity contribution in [3.63, 3.8) is 0 Å². The Labute approximate surface area is 506 Å². The quantitative estimate of drug-likeness (QED) is 0.176. The number of likely N-dealkylation sites (N-methyl/N-ethyl adjacent to an activating group) is 3. The molecule has 84 heavy (non-hydrogen) atoms. The van der Waals surface area contributed by atoms with Crippen LogP contribution in [0.15, 0.2) is 37.4 Å². The molecule has 12 rings (SSSR count). The number of hydrogen-bond acceptors (Lipinski definition) is 14. The number of halogens is 1. The monoisotopic (exact) mass is 1280 g/mol. The van der Waals surface area contributed by atoms with Crippen molar-refractivity contribution in [1.82, 2.24) is 38.3 Å². The first-order valence-electron chi connectivity index (χ1n) is 26.8. The molecule has 23 heteroatoms. The van der Waals surface area contributed by atoms with E-state index in [0.717, 1.165) is 24.2 Å². The average molecular weight is 1290 g/mol. The number of methoxy groups -OCH3 is 4. The first kappa shape index (κ1) is 68.3. The fourth-order valence-electron chi connectivity index (χ4n) is 14.4. The Morgan fingerprint density at radius 1 is 0.476 bits per heavy atom. The predicted molar refractivity (Wildman–Crippen MR) is 330 cm³/mol. The van der Waals surface area contributed by atoms with Gasteiger partial charge in [-0.05, 0) is 103 Å². The fraction of sp³-hybridized carbons (Fsp3) is 0.607. The van der Waals surface area contributed by atoms with Crippen LogP contribution in [0.25, 0.3) is 0 Å². The van der Waals surface area contributed by atoms with Gasteiger partial charge in [0.15, 0.2) is 45.8 Å². The standard InChI is InChI=1S/C15H20N2O3.C14H17IN2O4.C14H18N2O4.C14H18N2O3.4CH4/c1-8-7-15(3)9(2)16(4)14(19)12-13(20-5)11(18)6-10(8)17(12)15;1-6-14(2)5-7(18)9-8(15)11(19)12(21-4)10(17(9)14)13(20)16(6)3;1-7-14(2)6-10(18)8-5-9(17)12(20-4)11(16(8)14)13(19)15(7)3;1-7-6-14(3)8(2)15-13(18)11-12(19-4)10(17)5-9(7)16(11)14;;;;/h6,8-9H,7H2,1-5H3;6-7,18H,5H2,1-4H3;5,7,10,18H,6H2,1-4H3;5,7-8H,6H2,1-4H3,(H,15,18);4*1H4. The summed E-state index contributed by atoms with van der Waals surface area (Å²) in [5.74, 6) is 0.0864. The maximum Gasteiger partial charge on any atom is 0.274 e. The Bertz CT molecular complexity index is 3490. The molecule has 4 amide bonds. The minimum atomic E-state index is -0.749. The Morgan fingerprint density at radius 2 is 0.798 bits per heavy atom. The summed E-state index contributed by atoms with van der Waals surface area (Å²) in [5, 5.41) is 23.6. The molecule has 12 heterocycles. The second kappa shape index (κ2) is 23.1. The van der Waals surface area contributed by atoms with Gasteiger partial charge in [-0.3, -0.25) is 38.4 Å². The molecule has 3 N–H and O–H groups in total. The van der Waals surface area contributed by atoms with Gasteiger partial charge in [0, 0.05) is 69.6 Å². The van der Waals surface area contributed by atoms with Crippen LogP contribution in [0.1, 0.15) is 213 Å². The summed E-state index contributed by atoms with van der Waals surface area (Å²) in [6.07, 6.45) is 1.30. The lowest BCUT2D eigenvalue weighted by atomic mass is 9.85. The molecule has 0 radical (unpaired) electrons. The van der Waals surface area contributed by atoms with Crippen LogP contribution < -0.4 is 46.0 Å². The van der Waals surface area contributed by atoms with Crippen molar-refractivity contribution in [2.75, 3.05) is 49.6 Å². The number of aromatic nitrogens is 4. The van der Waals surface area contributed by atoms with Crippen LogP contribution in [0.4, 0.5) is 0 Å². The number of hydrogen-bond donors (Lipinski definition) is 3. The largest absolute Gasteiger partial charge is 0.491 e. The van der Waals surface area contributed by atoms with Crippen molar-refractivity contribution in [1.29, 1.82) is 0 Å². The Balaban J connectivity index is 0.000000202. The molecule has 12 atom stereocenters. The van der Waals surface area contributed by atoms with Gasteiger partial charge >= 0.3 is 0 Å². The van der Waals surface area contributed by atoms with E-state index in [-0.39, 0.29) is 157 Å². The normalized spacial score (nSPS) is 29.8. The molecule has 0 saturated carbocycles. The van der Waals surface area contributed by atoms with Crippen molar-refractivity contribution in [2.45, 2.75) is 195 Å². The first-order valence-corrected chi connectivity index (χ1v) is 27.9. The number of carbonyl (C=O) groups is 4. The molecule has 0 aliphatic carbocycles. The summed E-state index contributed by atoms with van der Waals surface area (Å²) in [7, 11) is 10.9. The van der Waals surface area contributed by atoms with Crippen LogP contribution in [0.2, 0.25) is 0 Å². The predicted octanol–water partition coefficient (Wildman–Crippen LogP) is 6.88. The van der Waals surface area contributed by atoms with Gasteiger partial charge in [0.2, 0.25) is 21.7 Å². The number of pyridine rings is 4. The summed E-state index contributed by atoms with van der Waals surface area (Å²) in [4.78, 5) is 104. The molecule has 8 aliphatic heterocycles. The van der Waals surface area contributed by atoms with Crippen LogP contribution in [-0.2, 0) is 22.2 Å².